The molecule has 26 heavy (non-hydrogen) atoms. The molecule has 2 aromatic rings. The highest BCUT2D eigenvalue weighted by molar-refractivity contribution is 6.49. The van der Waals surface area contributed by atoms with Gasteiger partial charge in [0.05, 0.1) is 43.3 Å². The molecular formula is C18H16Cl6O2. The van der Waals surface area contributed by atoms with Gasteiger partial charge in [-0.15, -0.1) is 0 Å². The Morgan fingerprint density at radius 1 is 0.615 bits per heavy atom. The van der Waals surface area contributed by atoms with Crippen LogP contribution in [0.15, 0.2) is 12.1 Å². The number of halogens is 6. The van der Waals surface area contributed by atoms with Gasteiger partial charge >= 0.3 is 0 Å². The summed E-state index contributed by atoms with van der Waals surface area (Å²) in [5.74, 6) is 1.25. The predicted octanol–water partition coefficient (Wildman–Crippen LogP) is 8.46. The molecule has 0 saturated carbocycles. The summed E-state index contributed by atoms with van der Waals surface area (Å²) in [7, 11) is 0. The Hall–Kier alpha value is -0.220. The minimum atomic E-state index is 0.335. The molecule has 0 aromatic heterocycles. The molecule has 0 N–H and O–H groups in total. The van der Waals surface area contributed by atoms with Crippen molar-refractivity contribution in [1.29, 1.82) is 0 Å². The van der Waals surface area contributed by atoms with Gasteiger partial charge in [0.25, 0.3) is 0 Å². The van der Waals surface area contributed by atoms with Gasteiger partial charge in [-0.1, -0.05) is 69.6 Å². The lowest BCUT2D eigenvalue weighted by molar-refractivity contribution is 0.265. The van der Waals surface area contributed by atoms with E-state index in [1.54, 1.807) is 12.1 Å². The van der Waals surface area contributed by atoms with E-state index in [-0.39, 0.29) is 0 Å². The van der Waals surface area contributed by atoms with E-state index in [0.29, 0.717) is 54.8 Å². The largest absolute Gasteiger partial charge is 0.493 e. The molecule has 2 aromatic carbocycles. The molecule has 8 heteroatoms. The first-order valence-electron chi connectivity index (χ1n) is 7.77. The van der Waals surface area contributed by atoms with Gasteiger partial charge in [-0.2, -0.15) is 0 Å². The number of hydrogen-bond donors (Lipinski definition) is 0. The average Bonchev–Trinajstić information content (AvgIpc) is 2.62. The van der Waals surface area contributed by atoms with Crippen molar-refractivity contribution in [2.75, 3.05) is 13.2 Å². The molecule has 0 fully saturated rings. The van der Waals surface area contributed by atoms with E-state index in [0.717, 1.165) is 24.0 Å². The second-order valence-corrected chi connectivity index (χ2v) is 7.95. The summed E-state index contributed by atoms with van der Waals surface area (Å²) < 4.78 is 11.5. The highest BCUT2D eigenvalue weighted by atomic mass is 35.5. The van der Waals surface area contributed by atoms with E-state index in [1.165, 1.54) is 0 Å². The maximum atomic E-state index is 6.12. The van der Waals surface area contributed by atoms with E-state index >= 15 is 0 Å². The van der Waals surface area contributed by atoms with Crippen LogP contribution in [0.5, 0.6) is 11.5 Å². The Labute approximate surface area is 183 Å². The molecule has 2 nitrogen and oxygen atoms in total. The van der Waals surface area contributed by atoms with E-state index in [2.05, 4.69) is 0 Å². The normalized spacial score (nSPS) is 10.9. The lowest BCUT2D eigenvalue weighted by atomic mass is 10.2. The van der Waals surface area contributed by atoms with Crippen LogP contribution in [0.3, 0.4) is 0 Å². The van der Waals surface area contributed by atoms with Gasteiger partial charge in [0, 0.05) is 23.3 Å². The highest BCUT2D eigenvalue weighted by Gasteiger charge is 2.13. The second-order valence-electron chi connectivity index (χ2n) is 5.62. The molecule has 0 aliphatic heterocycles. The molecular weight excluding hydrogens is 461 g/mol. The van der Waals surface area contributed by atoms with Crippen LogP contribution in [0.4, 0.5) is 0 Å². The van der Waals surface area contributed by atoms with Crippen molar-refractivity contribution in [3.8, 4) is 11.5 Å². The Balaban J connectivity index is 1.82. The van der Waals surface area contributed by atoms with E-state index in [1.807, 2.05) is 13.8 Å². The summed E-state index contributed by atoms with van der Waals surface area (Å²) >= 11 is 36.3. The van der Waals surface area contributed by atoms with Crippen LogP contribution in [0.2, 0.25) is 30.1 Å². The highest BCUT2D eigenvalue weighted by Crippen LogP contribution is 2.39. The molecule has 142 valence electrons. The van der Waals surface area contributed by atoms with Crippen LogP contribution < -0.4 is 9.47 Å². The molecule has 0 spiro atoms. The first-order chi connectivity index (χ1) is 12.2. The molecule has 0 atom stereocenters. The first kappa shape index (κ1) is 22.1. The van der Waals surface area contributed by atoms with Gasteiger partial charge in [-0.3, -0.25) is 0 Å². The average molecular weight is 477 g/mol. The number of unbranched alkanes of at least 4 members (excludes halogenated alkanes) is 1. The Morgan fingerprint density at radius 2 is 0.962 bits per heavy atom. The molecule has 0 aliphatic carbocycles. The SMILES string of the molecule is Cc1c(OCCCCOc2cc(Cl)c(Cl)c(Cl)c2C)cc(Cl)c(Cl)c1Cl. The van der Waals surface area contributed by atoms with E-state index in [4.69, 9.17) is 79.1 Å². The zero-order chi connectivity index (χ0) is 19.4. The van der Waals surface area contributed by atoms with Gasteiger partial charge in [-0.25, -0.2) is 0 Å². The van der Waals surface area contributed by atoms with Crippen LogP contribution in [-0.2, 0) is 0 Å². The van der Waals surface area contributed by atoms with Crippen molar-refractivity contribution in [3.05, 3.63) is 53.4 Å². The molecule has 0 amide bonds. The fourth-order valence-corrected chi connectivity index (χ4v) is 3.46. The van der Waals surface area contributed by atoms with Crippen molar-refractivity contribution in [2.45, 2.75) is 26.7 Å². The molecule has 0 unspecified atom stereocenters. The fraction of sp³-hybridized carbons (Fsp3) is 0.333. The van der Waals surface area contributed by atoms with Crippen LogP contribution >= 0.6 is 69.6 Å². The Bertz CT molecular complexity index is 740. The monoisotopic (exact) mass is 474 g/mol. The number of rotatable bonds is 7. The summed E-state index contributed by atoms with van der Waals surface area (Å²) in [6.45, 7) is 4.67. The van der Waals surface area contributed by atoms with Gasteiger partial charge in [-0.05, 0) is 26.7 Å². The standard InChI is InChI=1S/C18H16Cl6O2/c1-9-13(7-11(19)17(23)15(9)21)25-5-3-4-6-26-14-8-12(20)18(24)16(22)10(14)2/h7-8H,3-6H2,1-2H3. The summed E-state index contributed by atoms with van der Waals surface area (Å²) in [6.07, 6.45) is 1.57. The maximum Gasteiger partial charge on any atom is 0.125 e. The van der Waals surface area contributed by atoms with Crippen molar-refractivity contribution >= 4 is 69.6 Å². The maximum absolute atomic E-state index is 6.12. The fourth-order valence-electron chi connectivity index (χ4n) is 2.20. The van der Waals surface area contributed by atoms with Crippen molar-refractivity contribution < 1.29 is 9.47 Å². The second kappa shape index (κ2) is 9.82. The van der Waals surface area contributed by atoms with Crippen molar-refractivity contribution in [3.63, 3.8) is 0 Å². The number of hydrogen-bond acceptors (Lipinski definition) is 2. The van der Waals surface area contributed by atoms with Crippen LogP contribution in [-0.4, -0.2) is 13.2 Å². The third-order valence-corrected chi connectivity index (χ3v) is 6.49. The molecule has 0 aliphatic rings. The van der Waals surface area contributed by atoms with Gasteiger partial charge in [0.2, 0.25) is 0 Å². The molecule has 0 saturated heterocycles. The minimum absolute atomic E-state index is 0.335. The van der Waals surface area contributed by atoms with Gasteiger partial charge in [0.1, 0.15) is 11.5 Å². The lowest BCUT2D eigenvalue weighted by Gasteiger charge is -2.14. The van der Waals surface area contributed by atoms with Crippen LogP contribution in [0, 0.1) is 13.8 Å². The van der Waals surface area contributed by atoms with Crippen molar-refractivity contribution in [2.24, 2.45) is 0 Å². The third-order valence-electron chi connectivity index (χ3n) is 3.77. The van der Waals surface area contributed by atoms with Gasteiger partial charge in [0.15, 0.2) is 0 Å². The van der Waals surface area contributed by atoms with Crippen molar-refractivity contribution in [1.82, 2.24) is 0 Å². The van der Waals surface area contributed by atoms with E-state index < -0.39 is 0 Å². The minimum Gasteiger partial charge on any atom is -0.493 e. The summed E-state index contributed by atoms with van der Waals surface area (Å²) in [5, 5.41) is 2.22. The smallest absolute Gasteiger partial charge is 0.125 e. The Kier molecular flexibility index (Phi) is 8.33. The number of ether oxygens (including phenoxy) is 2. The molecule has 0 heterocycles. The topological polar surface area (TPSA) is 18.5 Å². The predicted molar refractivity (Wildman–Crippen MR) is 113 cm³/mol. The summed E-state index contributed by atoms with van der Waals surface area (Å²) in [5.41, 5.74) is 1.52. The number of benzene rings is 2. The first-order valence-corrected chi connectivity index (χ1v) is 10.0. The third kappa shape index (κ3) is 5.19. The zero-order valence-corrected chi connectivity index (χ0v) is 18.6. The van der Waals surface area contributed by atoms with Gasteiger partial charge < -0.3 is 9.47 Å². The summed E-state index contributed by atoms with van der Waals surface area (Å²) in [6, 6.07) is 3.34. The molecule has 0 bridgehead atoms. The van der Waals surface area contributed by atoms with Crippen LogP contribution in [0.1, 0.15) is 24.0 Å². The Morgan fingerprint density at radius 3 is 1.31 bits per heavy atom. The van der Waals surface area contributed by atoms with E-state index in [9.17, 15) is 0 Å². The quantitative estimate of drug-likeness (QED) is 0.294. The molecule has 2 rings (SSSR count). The zero-order valence-electron chi connectivity index (χ0n) is 14.1. The molecule has 0 radical (unpaired) electrons. The lowest BCUT2D eigenvalue weighted by Crippen LogP contribution is -2.04. The summed E-state index contributed by atoms with van der Waals surface area (Å²) in [4.78, 5) is 0. The van der Waals surface area contributed by atoms with Crippen LogP contribution in [0.25, 0.3) is 0 Å².